The van der Waals surface area contributed by atoms with Crippen LogP contribution >= 0.6 is 0 Å². The van der Waals surface area contributed by atoms with Gasteiger partial charge < -0.3 is 23.7 Å². The Balaban J connectivity index is 2.84. The topological polar surface area (TPSA) is 97.4 Å². The maximum atomic E-state index is 11.5. The van der Waals surface area contributed by atoms with E-state index in [0.717, 1.165) is 0 Å². The third kappa shape index (κ3) is 9.48. The molecule has 28 heavy (non-hydrogen) atoms. The van der Waals surface area contributed by atoms with Crippen LogP contribution in [0.2, 0.25) is 0 Å². The molecule has 8 heteroatoms. The molecule has 0 aliphatic carbocycles. The highest BCUT2D eigenvalue weighted by Crippen LogP contribution is 2.26. The monoisotopic (exact) mass is 396 g/mol. The quantitative estimate of drug-likeness (QED) is 0.240. The van der Waals surface area contributed by atoms with E-state index in [2.05, 4.69) is 0 Å². The average molecular weight is 396 g/mol. The van der Waals surface area contributed by atoms with Crippen LogP contribution in [0.15, 0.2) is 36.5 Å². The number of hydrogen-bond acceptors (Lipinski definition) is 8. The van der Waals surface area contributed by atoms with Crippen molar-refractivity contribution in [2.24, 2.45) is 5.92 Å². The normalized spacial score (nSPS) is 22.9. The molecular weight excluding hydrogens is 368 g/mol. The summed E-state index contributed by atoms with van der Waals surface area (Å²) in [5.74, 6) is -1.58. The molecule has 8 nitrogen and oxygen atoms in total. The van der Waals surface area contributed by atoms with Crippen LogP contribution in [-0.2, 0) is 38.1 Å². The minimum atomic E-state index is -0.672. The molecule has 0 aromatic rings. The Labute approximate surface area is 165 Å². The maximum absolute atomic E-state index is 11.5. The van der Waals surface area contributed by atoms with Gasteiger partial charge in [-0.2, -0.15) is 0 Å². The zero-order chi connectivity index (χ0) is 20.9. The number of ether oxygens (including phenoxy) is 5. The largest absolute Gasteiger partial charge is 0.463 e. The highest BCUT2D eigenvalue weighted by atomic mass is 16.7. The number of allylic oxidation sites excluding steroid dienone is 2. The van der Waals surface area contributed by atoms with E-state index in [1.165, 1.54) is 20.8 Å². The van der Waals surface area contributed by atoms with E-state index in [1.807, 2.05) is 13.0 Å². The van der Waals surface area contributed by atoms with Gasteiger partial charge in [-0.1, -0.05) is 24.3 Å². The number of rotatable bonds is 10. The summed E-state index contributed by atoms with van der Waals surface area (Å²) in [4.78, 5) is 33.2. The molecule has 0 fully saturated rings. The molecule has 0 saturated carbocycles. The predicted octanol–water partition coefficient (Wildman–Crippen LogP) is 2.09. The molecule has 4 atom stereocenters. The fraction of sp³-hybridized carbons (Fsp3) is 0.550. The third-order valence-corrected chi connectivity index (χ3v) is 3.57. The SMILES string of the molecule is CCO[C@@H]1O[C@@H](COC(C)=O)C=C[C@H]1[C@H](/C=C\C=C\COC(C)=O)OC(C)=O. The van der Waals surface area contributed by atoms with Crippen molar-refractivity contribution in [3.05, 3.63) is 36.5 Å². The van der Waals surface area contributed by atoms with Gasteiger partial charge in [0.05, 0.1) is 5.92 Å². The molecule has 0 radical (unpaired) electrons. The first-order chi connectivity index (χ1) is 13.3. The van der Waals surface area contributed by atoms with Crippen LogP contribution in [0, 0.1) is 5.92 Å². The lowest BCUT2D eigenvalue weighted by Crippen LogP contribution is -2.42. The molecule has 1 aliphatic heterocycles. The van der Waals surface area contributed by atoms with Gasteiger partial charge >= 0.3 is 17.9 Å². The van der Waals surface area contributed by atoms with Crippen molar-refractivity contribution in [2.45, 2.75) is 46.2 Å². The van der Waals surface area contributed by atoms with E-state index in [9.17, 15) is 14.4 Å². The Morgan fingerprint density at radius 1 is 1.04 bits per heavy atom. The molecule has 1 rings (SSSR count). The van der Waals surface area contributed by atoms with Gasteiger partial charge in [0, 0.05) is 27.4 Å². The molecule has 156 valence electrons. The van der Waals surface area contributed by atoms with E-state index in [-0.39, 0.29) is 25.1 Å². The van der Waals surface area contributed by atoms with Gasteiger partial charge in [0.15, 0.2) is 6.29 Å². The van der Waals surface area contributed by atoms with Crippen LogP contribution in [0.5, 0.6) is 0 Å². The van der Waals surface area contributed by atoms with Crippen molar-refractivity contribution in [2.75, 3.05) is 19.8 Å². The first-order valence-electron chi connectivity index (χ1n) is 9.06. The van der Waals surface area contributed by atoms with E-state index < -0.39 is 30.4 Å². The Kier molecular flexibility index (Phi) is 10.8. The maximum Gasteiger partial charge on any atom is 0.303 e. The predicted molar refractivity (Wildman–Crippen MR) is 100 cm³/mol. The summed E-state index contributed by atoms with van der Waals surface area (Å²) >= 11 is 0. The van der Waals surface area contributed by atoms with Gasteiger partial charge in [0.1, 0.15) is 25.4 Å². The number of carbonyl (C=O) groups is 3. The number of hydrogen-bond donors (Lipinski definition) is 0. The lowest BCUT2D eigenvalue weighted by Gasteiger charge is -2.34. The minimum Gasteiger partial charge on any atom is -0.463 e. The van der Waals surface area contributed by atoms with Crippen molar-refractivity contribution in [3.8, 4) is 0 Å². The highest BCUT2D eigenvalue weighted by molar-refractivity contribution is 5.66. The first-order valence-corrected chi connectivity index (χ1v) is 9.06. The molecular formula is C20H28O8. The van der Waals surface area contributed by atoms with Gasteiger partial charge in [0.2, 0.25) is 0 Å². The van der Waals surface area contributed by atoms with Crippen molar-refractivity contribution >= 4 is 17.9 Å². The van der Waals surface area contributed by atoms with E-state index in [1.54, 1.807) is 30.4 Å². The molecule has 0 unspecified atom stereocenters. The fourth-order valence-corrected chi connectivity index (χ4v) is 2.44. The Morgan fingerprint density at radius 3 is 2.36 bits per heavy atom. The lowest BCUT2D eigenvalue weighted by molar-refractivity contribution is -0.208. The van der Waals surface area contributed by atoms with Gasteiger partial charge in [-0.3, -0.25) is 14.4 Å². The zero-order valence-electron chi connectivity index (χ0n) is 16.7. The second-order valence-electron chi connectivity index (χ2n) is 5.95. The van der Waals surface area contributed by atoms with Crippen molar-refractivity contribution in [1.29, 1.82) is 0 Å². The van der Waals surface area contributed by atoms with Crippen molar-refractivity contribution < 1.29 is 38.1 Å². The number of esters is 3. The Morgan fingerprint density at radius 2 is 1.75 bits per heavy atom. The summed E-state index contributed by atoms with van der Waals surface area (Å²) in [6, 6.07) is 0. The van der Waals surface area contributed by atoms with Gasteiger partial charge in [0.25, 0.3) is 0 Å². The number of carbonyl (C=O) groups excluding carboxylic acids is 3. The van der Waals surface area contributed by atoms with E-state index in [0.29, 0.717) is 6.61 Å². The average Bonchev–Trinajstić information content (AvgIpc) is 2.62. The zero-order valence-corrected chi connectivity index (χ0v) is 16.7. The summed E-state index contributed by atoms with van der Waals surface area (Å²) in [6.07, 6.45) is 8.58. The molecule has 1 heterocycles. The summed E-state index contributed by atoms with van der Waals surface area (Å²) < 4.78 is 26.7. The van der Waals surface area contributed by atoms with Gasteiger partial charge in [-0.05, 0) is 19.1 Å². The van der Waals surface area contributed by atoms with E-state index >= 15 is 0 Å². The molecule has 0 aromatic carbocycles. The molecule has 1 aliphatic rings. The molecule has 0 aromatic heterocycles. The molecule has 0 N–H and O–H groups in total. The second-order valence-corrected chi connectivity index (χ2v) is 5.95. The van der Waals surface area contributed by atoms with E-state index in [4.69, 9.17) is 23.7 Å². The van der Waals surface area contributed by atoms with Crippen molar-refractivity contribution in [1.82, 2.24) is 0 Å². The van der Waals surface area contributed by atoms with Crippen molar-refractivity contribution in [3.63, 3.8) is 0 Å². The van der Waals surface area contributed by atoms with Crippen LogP contribution < -0.4 is 0 Å². The Hall–Kier alpha value is -2.45. The van der Waals surface area contributed by atoms with Crippen LogP contribution in [0.3, 0.4) is 0 Å². The summed E-state index contributed by atoms with van der Waals surface area (Å²) in [5.41, 5.74) is 0. The van der Waals surface area contributed by atoms with Crippen LogP contribution in [0.4, 0.5) is 0 Å². The highest BCUT2D eigenvalue weighted by Gasteiger charge is 2.34. The molecule has 0 saturated heterocycles. The summed E-state index contributed by atoms with van der Waals surface area (Å²) in [6.45, 7) is 6.44. The lowest BCUT2D eigenvalue weighted by atomic mass is 9.97. The van der Waals surface area contributed by atoms with Gasteiger partial charge in [-0.25, -0.2) is 0 Å². The molecule has 0 amide bonds. The standard InChI is InChI=1S/C20H28O8/c1-5-24-20-18(11-10-17(28-20)13-26-15(3)22)19(27-16(4)23)9-7-6-8-12-25-14(2)21/h6-11,17-20H,5,12-13H2,1-4H3/b8-6+,9-7-/t17-,18+,19+,20-/m1/s1. The molecule has 0 spiro atoms. The van der Waals surface area contributed by atoms with Crippen LogP contribution in [0.25, 0.3) is 0 Å². The molecule has 0 bridgehead atoms. The second kappa shape index (κ2) is 12.9. The van der Waals surface area contributed by atoms with Crippen LogP contribution in [-0.4, -0.2) is 56.2 Å². The summed E-state index contributed by atoms with van der Waals surface area (Å²) in [5, 5.41) is 0. The van der Waals surface area contributed by atoms with Crippen LogP contribution in [0.1, 0.15) is 27.7 Å². The fourth-order valence-electron chi connectivity index (χ4n) is 2.44. The first kappa shape index (κ1) is 23.6. The third-order valence-electron chi connectivity index (χ3n) is 3.57. The van der Waals surface area contributed by atoms with Gasteiger partial charge in [-0.15, -0.1) is 0 Å². The Bertz CT molecular complexity index is 607. The smallest absolute Gasteiger partial charge is 0.303 e. The minimum absolute atomic E-state index is 0.0785. The summed E-state index contributed by atoms with van der Waals surface area (Å²) in [7, 11) is 0.